The maximum absolute atomic E-state index is 12.6. The predicted octanol–water partition coefficient (Wildman–Crippen LogP) is 2.03. The van der Waals surface area contributed by atoms with Gasteiger partial charge in [0.05, 0.1) is 5.56 Å². The van der Waals surface area contributed by atoms with Crippen LogP contribution in [-0.2, 0) is 4.79 Å². The van der Waals surface area contributed by atoms with E-state index in [9.17, 15) is 9.59 Å². The van der Waals surface area contributed by atoms with Gasteiger partial charge in [0.25, 0.3) is 5.91 Å². The van der Waals surface area contributed by atoms with Crippen molar-refractivity contribution in [3.05, 3.63) is 66.0 Å². The molecule has 2 aromatic rings. The number of hydrogen-bond donors (Lipinski definition) is 2. The first kappa shape index (κ1) is 21.5. The first-order valence-electron chi connectivity index (χ1n) is 10.4. The SMILES string of the molecule is Nc1ccccc1C(=O)N1CCN(CCCCNC(=O)/C=C\c2cccnc2)CC1. The molecule has 0 aliphatic carbocycles. The Balaban J connectivity index is 1.29. The number of carbonyl (C=O) groups is 2. The average Bonchev–Trinajstić information content (AvgIpc) is 2.78. The number of nitrogen functional groups attached to an aromatic ring is 1. The average molecular weight is 408 g/mol. The first-order chi connectivity index (χ1) is 14.6. The lowest BCUT2D eigenvalue weighted by Gasteiger charge is -2.35. The second-order valence-electron chi connectivity index (χ2n) is 7.34. The van der Waals surface area contributed by atoms with Crippen LogP contribution in [-0.4, -0.2) is 65.9 Å². The summed E-state index contributed by atoms with van der Waals surface area (Å²) >= 11 is 0. The lowest BCUT2D eigenvalue weighted by atomic mass is 10.1. The van der Waals surface area contributed by atoms with Crippen LogP contribution in [0.3, 0.4) is 0 Å². The van der Waals surface area contributed by atoms with Crippen molar-refractivity contribution in [2.24, 2.45) is 0 Å². The van der Waals surface area contributed by atoms with Gasteiger partial charge in [-0.1, -0.05) is 18.2 Å². The van der Waals surface area contributed by atoms with Gasteiger partial charge in [0.1, 0.15) is 0 Å². The van der Waals surface area contributed by atoms with Gasteiger partial charge >= 0.3 is 0 Å². The number of nitrogens with two attached hydrogens (primary N) is 1. The Morgan fingerprint density at radius 3 is 2.60 bits per heavy atom. The Kier molecular flexibility index (Phi) is 7.97. The van der Waals surface area contributed by atoms with E-state index in [0.717, 1.165) is 38.0 Å². The summed E-state index contributed by atoms with van der Waals surface area (Å²) in [4.78, 5) is 32.7. The van der Waals surface area contributed by atoms with E-state index in [2.05, 4.69) is 15.2 Å². The fourth-order valence-corrected chi connectivity index (χ4v) is 3.41. The second kappa shape index (κ2) is 11.1. The largest absolute Gasteiger partial charge is 0.398 e. The molecule has 0 radical (unpaired) electrons. The third kappa shape index (κ3) is 6.42. The number of amides is 2. The number of pyridine rings is 1. The summed E-state index contributed by atoms with van der Waals surface area (Å²) in [6.07, 6.45) is 8.64. The third-order valence-corrected chi connectivity index (χ3v) is 5.16. The molecule has 1 aliphatic rings. The second-order valence-corrected chi connectivity index (χ2v) is 7.34. The van der Waals surface area contributed by atoms with Gasteiger partial charge in [-0.15, -0.1) is 0 Å². The normalized spacial score (nSPS) is 14.7. The maximum atomic E-state index is 12.6. The van der Waals surface area contributed by atoms with E-state index < -0.39 is 0 Å². The number of benzene rings is 1. The van der Waals surface area contributed by atoms with Gasteiger partial charge in [-0.05, 0) is 49.2 Å². The lowest BCUT2D eigenvalue weighted by Crippen LogP contribution is -2.49. The first-order valence-corrected chi connectivity index (χ1v) is 10.4. The molecular formula is C23H29N5O2. The molecule has 1 saturated heterocycles. The van der Waals surface area contributed by atoms with Crippen LogP contribution in [0.25, 0.3) is 6.08 Å². The molecular weight excluding hydrogens is 378 g/mol. The van der Waals surface area contributed by atoms with Crippen molar-refractivity contribution >= 4 is 23.6 Å². The summed E-state index contributed by atoms with van der Waals surface area (Å²) in [5.41, 5.74) is 7.94. The molecule has 1 aliphatic heterocycles. The molecule has 2 heterocycles. The summed E-state index contributed by atoms with van der Waals surface area (Å²) < 4.78 is 0. The molecule has 0 saturated carbocycles. The van der Waals surface area contributed by atoms with Gasteiger partial charge in [0.2, 0.25) is 5.91 Å². The van der Waals surface area contributed by atoms with Crippen LogP contribution in [0.5, 0.6) is 0 Å². The van der Waals surface area contributed by atoms with Crippen LogP contribution in [0.2, 0.25) is 0 Å². The lowest BCUT2D eigenvalue weighted by molar-refractivity contribution is -0.116. The number of carbonyl (C=O) groups excluding carboxylic acids is 2. The summed E-state index contributed by atoms with van der Waals surface area (Å²) in [5.74, 6) is -0.0824. The summed E-state index contributed by atoms with van der Waals surface area (Å²) in [5, 5.41) is 2.91. The number of unbranched alkanes of at least 4 members (excludes halogenated alkanes) is 1. The minimum Gasteiger partial charge on any atom is -0.398 e. The summed E-state index contributed by atoms with van der Waals surface area (Å²) in [7, 11) is 0. The number of para-hydroxylation sites is 1. The summed E-state index contributed by atoms with van der Waals surface area (Å²) in [6.45, 7) is 4.77. The van der Waals surface area contributed by atoms with Gasteiger partial charge in [-0.3, -0.25) is 19.5 Å². The topological polar surface area (TPSA) is 91.6 Å². The van der Waals surface area contributed by atoms with Crippen molar-refractivity contribution in [1.29, 1.82) is 0 Å². The van der Waals surface area contributed by atoms with Crippen molar-refractivity contribution in [3.63, 3.8) is 0 Å². The zero-order chi connectivity index (χ0) is 21.2. The zero-order valence-electron chi connectivity index (χ0n) is 17.2. The van der Waals surface area contributed by atoms with Crippen molar-refractivity contribution in [2.75, 3.05) is 45.0 Å². The van der Waals surface area contributed by atoms with Crippen LogP contribution in [0.4, 0.5) is 5.69 Å². The fraction of sp³-hybridized carbons (Fsp3) is 0.348. The highest BCUT2D eigenvalue weighted by Crippen LogP contribution is 2.15. The van der Waals surface area contributed by atoms with E-state index in [1.807, 2.05) is 29.2 Å². The van der Waals surface area contributed by atoms with Gasteiger partial charge in [0.15, 0.2) is 0 Å². The molecule has 158 valence electrons. The van der Waals surface area contributed by atoms with Gasteiger partial charge < -0.3 is 16.0 Å². The van der Waals surface area contributed by atoms with E-state index in [-0.39, 0.29) is 11.8 Å². The van der Waals surface area contributed by atoms with Crippen LogP contribution in [0, 0.1) is 0 Å². The molecule has 2 amide bonds. The summed E-state index contributed by atoms with van der Waals surface area (Å²) in [6, 6.07) is 11.0. The molecule has 0 unspecified atom stereocenters. The van der Waals surface area contributed by atoms with Crippen LogP contribution >= 0.6 is 0 Å². The molecule has 3 N–H and O–H groups in total. The standard InChI is InChI=1S/C23H29N5O2/c24-21-8-2-1-7-20(21)23(30)28-16-14-27(15-17-28)13-4-3-12-26-22(29)10-9-19-6-5-11-25-18-19/h1-2,5-11,18H,3-4,12-17,24H2,(H,26,29)/b10-9-. The maximum Gasteiger partial charge on any atom is 0.256 e. The Morgan fingerprint density at radius 1 is 1.07 bits per heavy atom. The van der Waals surface area contributed by atoms with Crippen LogP contribution < -0.4 is 11.1 Å². The smallest absolute Gasteiger partial charge is 0.256 e. The number of nitrogens with one attached hydrogen (secondary N) is 1. The number of hydrogen-bond acceptors (Lipinski definition) is 5. The van der Waals surface area contributed by atoms with Crippen molar-refractivity contribution in [2.45, 2.75) is 12.8 Å². The quantitative estimate of drug-likeness (QED) is 0.397. The molecule has 30 heavy (non-hydrogen) atoms. The van der Waals surface area contributed by atoms with E-state index in [0.29, 0.717) is 30.9 Å². The molecule has 3 rings (SSSR count). The van der Waals surface area contributed by atoms with E-state index in [1.54, 1.807) is 30.6 Å². The highest BCUT2D eigenvalue weighted by Gasteiger charge is 2.22. The Bertz CT molecular complexity index is 861. The highest BCUT2D eigenvalue weighted by atomic mass is 16.2. The molecule has 7 heteroatoms. The molecule has 1 fully saturated rings. The van der Waals surface area contributed by atoms with Gasteiger partial charge in [-0.25, -0.2) is 0 Å². The number of anilines is 1. The number of aromatic nitrogens is 1. The zero-order valence-corrected chi connectivity index (χ0v) is 17.2. The monoisotopic (exact) mass is 407 g/mol. The Morgan fingerprint density at radius 2 is 1.87 bits per heavy atom. The predicted molar refractivity (Wildman–Crippen MR) is 119 cm³/mol. The van der Waals surface area contributed by atoms with Crippen molar-refractivity contribution in [3.8, 4) is 0 Å². The van der Waals surface area contributed by atoms with E-state index in [1.165, 1.54) is 6.08 Å². The minimum absolute atomic E-state index is 0.00908. The number of rotatable bonds is 8. The molecule has 0 atom stereocenters. The van der Waals surface area contributed by atoms with E-state index >= 15 is 0 Å². The molecule has 0 bridgehead atoms. The molecule has 7 nitrogen and oxygen atoms in total. The van der Waals surface area contributed by atoms with Gasteiger partial charge in [0, 0.05) is 56.9 Å². The molecule has 1 aromatic carbocycles. The Hall–Kier alpha value is -3.19. The minimum atomic E-state index is -0.0915. The van der Waals surface area contributed by atoms with Gasteiger partial charge in [-0.2, -0.15) is 0 Å². The number of nitrogens with zero attached hydrogens (tertiary/aromatic N) is 3. The van der Waals surface area contributed by atoms with Crippen LogP contribution in [0.1, 0.15) is 28.8 Å². The third-order valence-electron chi connectivity index (χ3n) is 5.16. The van der Waals surface area contributed by atoms with Crippen molar-refractivity contribution in [1.82, 2.24) is 20.1 Å². The van der Waals surface area contributed by atoms with Crippen LogP contribution in [0.15, 0.2) is 54.9 Å². The van der Waals surface area contributed by atoms with E-state index in [4.69, 9.17) is 5.73 Å². The highest BCUT2D eigenvalue weighted by molar-refractivity contribution is 5.99. The molecule has 1 aromatic heterocycles. The van der Waals surface area contributed by atoms with Crippen molar-refractivity contribution < 1.29 is 9.59 Å². The molecule has 0 spiro atoms. The Labute approximate surface area is 177 Å². The number of piperazine rings is 1. The fourth-order valence-electron chi connectivity index (χ4n) is 3.41.